The predicted molar refractivity (Wildman–Crippen MR) is 68.5 cm³/mol. The first-order valence-electron chi connectivity index (χ1n) is 5.23. The van der Waals surface area contributed by atoms with E-state index in [1.807, 2.05) is 24.1 Å². The number of aliphatic hydroxyl groups is 1. The highest BCUT2D eigenvalue weighted by atomic mass is 35.5. The predicted octanol–water partition coefficient (Wildman–Crippen LogP) is 2.12. The van der Waals surface area contributed by atoms with E-state index in [1.165, 1.54) is 0 Å². The Labute approximate surface area is 102 Å². The topological polar surface area (TPSA) is 49.5 Å². The number of halogens is 1. The largest absolute Gasteiger partial charge is 0.399 e. The number of hydrogen-bond donors (Lipinski definition) is 2. The Bertz CT molecular complexity index is 361. The van der Waals surface area contributed by atoms with Crippen molar-refractivity contribution in [1.29, 1.82) is 0 Å². The lowest BCUT2D eigenvalue weighted by Gasteiger charge is -2.25. The van der Waals surface area contributed by atoms with Gasteiger partial charge in [0.1, 0.15) is 0 Å². The van der Waals surface area contributed by atoms with Gasteiger partial charge in [-0.3, -0.25) is 4.90 Å². The summed E-state index contributed by atoms with van der Waals surface area (Å²) in [7, 11) is 1.95. The molecule has 0 aliphatic carbocycles. The van der Waals surface area contributed by atoms with E-state index in [1.54, 1.807) is 19.9 Å². The maximum atomic E-state index is 9.68. The summed E-state index contributed by atoms with van der Waals surface area (Å²) in [6.45, 7) is 4.86. The number of nitrogen functional groups attached to an aromatic ring is 1. The smallest absolute Gasteiger partial charge is 0.0718 e. The second-order valence-electron chi connectivity index (χ2n) is 4.84. The number of hydrogen-bond acceptors (Lipinski definition) is 3. The van der Waals surface area contributed by atoms with Gasteiger partial charge in [0.15, 0.2) is 0 Å². The van der Waals surface area contributed by atoms with Gasteiger partial charge in [-0.25, -0.2) is 0 Å². The molecule has 0 radical (unpaired) electrons. The maximum Gasteiger partial charge on any atom is 0.0718 e. The highest BCUT2D eigenvalue weighted by molar-refractivity contribution is 6.31. The van der Waals surface area contributed by atoms with E-state index < -0.39 is 5.60 Å². The lowest BCUT2D eigenvalue weighted by Crippen LogP contribution is -2.35. The standard InChI is InChI=1S/C12H19ClN2O/c1-12(2,16)8-15(3)7-9-4-5-10(14)6-11(9)13/h4-6,16H,7-8,14H2,1-3H3. The highest BCUT2D eigenvalue weighted by Crippen LogP contribution is 2.20. The molecule has 0 atom stereocenters. The van der Waals surface area contributed by atoms with Crippen LogP contribution in [0.15, 0.2) is 18.2 Å². The molecule has 1 aromatic rings. The van der Waals surface area contributed by atoms with Crippen LogP contribution >= 0.6 is 11.6 Å². The van der Waals surface area contributed by atoms with Gasteiger partial charge in [-0.05, 0) is 38.6 Å². The van der Waals surface area contributed by atoms with E-state index >= 15 is 0 Å². The fraction of sp³-hybridized carbons (Fsp3) is 0.500. The molecule has 90 valence electrons. The third kappa shape index (κ3) is 4.39. The maximum absolute atomic E-state index is 9.68. The average Bonchev–Trinajstić information content (AvgIpc) is 2.06. The van der Waals surface area contributed by atoms with Crippen molar-refractivity contribution in [3.05, 3.63) is 28.8 Å². The first kappa shape index (κ1) is 13.3. The third-order valence-corrected chi connectivity index (χ3v) is 2.53. The molecule has 0 heterocycles. The van der Waals surface area contributed by atoms with Crippen LogP contribution in [-0.2, 0) is 6.54 Å². The van der Waals surface area contributed by atoms with Gasteiger partial charge in [-0.1, -0.05) is 17.7 Å². The molecule has 3 N–H and O–H groups in total. The van der Waals surface area contributed by atoms with Crippen LogP contribution in [0.2, 0.25) is 5.02 Å². The fourth-order valence-electron chi connectivity index (χ4n) is 1.70. The second-order valence-corrected chi connectivity index (χ2v) is 5.24. The fourth-order valence-corrected chi connectivity index (χ4v) is 1.95. The quantitative estimate of drug-likeness (QED) is 0.796. The van der Waals surface area contributed by atoms with Crippen LogP contribution < -0.4 is 5.73 Å². The molecule has 0 bridgehead atoms. The summed E-state index contributed by atoms with van der Waals surface area (Å²) in [5.74, 6) is 0. The van der Waals surface area contributed by atoms with Gasteiger partial charge in [0.2, 0.25) is 0 Å². The summed E-state index contributed by atoms with van der Waals surface area (Å²) in [4.78, 5) is 2.03. The molecule has 0 fully saturated rings. The zero-order valence-electron chi connectivity index (χ0n) is 10.00. The van der Waals surface area contributed by atoms with Crippen LogP contribution in [0.4, 0.5) is 5.69 Å². The zero-order valence-corrected chi connectivity index (χ0v) is 10.8. The Morgan fingerprint density at radius 1 is 1.44 bits per heavy atom. The van der Waals surface area contributed by atoms with E-state index in [0.717, 1.165) is 5.56 Å². The number of rotatable bonds is 4. The summed E-state index contributed by atoms with van der Waals surface area (Å²) < 4.78 is 0. The molecule has 4 heteroatoms. The van der Waals surface area contributed by atoms with Gasteiger partial charge >= 0.3 is 0 Å². The molecular weight excluding hydrogens is 224 g/mol. The molecule has 0 unspecified atom stereocenters. The minimum atomic E-state index is -0.699. The van der Waals surface area contributed by atoms with Crippen molar-refractivity contribution < 1.29 is 5.11 Å². The van der Waals surface area contributed by atoms with Crippen molar-refractivity contribution in [2.75, 3.05) is 19.3 Å². The summed E-state index contributed by atoms with van der Waals surface area (Å²) >= 11 is 6.08. The summed E-state index contributed by atoms with van der Waals surface area (Å²) in [5.41, 5.74) is 6.60. The Kier molecular flexibility index (Phi) is 4.19. The number of anilines is 1. The SMILES string of the molecule is CN(Cc1ccc(N)cc1Cl)CC(C)(C)O. The minimum absolute atomic E-state index is 0.591. The van der Waals surface area contributed by atoms with Crippen LogP contribution in [0.5, 0.6) is 0 Å². The number of nitrogens with two attached hydrogens (primary N) is 1. The van der Waals surface area contributed by atoms with Gasteiger partial charge in [0.25, 0.3) is 0 Å². The van der Waals surface area contributed by atoms with Gasteiger partial charge < -0.3 is 10.8 Å². The third-order valence-electron chi connectivity index (χ3n) is 2.17. The van der Waals surface area contributed by atoms with E-state index in [-0.39, 0.29) is 0 Å². The average molecular weight is 243 g/mol. The molecular formula is C12H19ClN2O. The van der Waals surface area contributed by atoms with E-state index in [4.69, 9.17) is 17.3 Å². The lowest BCUT2D eigenvalue weighted by molar-refractivity contribution is 0.0425. The summed E-state index contributed by atoms with van der Waals surface area (Å²) in [6, 6.07) is 5.49. The molecule has 0 aromatic heterocycles. The first-order valence-corrected chi connectivity index (χ1v) is 5.60. The molecule has 1 aromatic carbocycles. The van der Waals surface area contributed by atoms with E-state index in [2.05, 4.69) is 0 Å². The molecule has 0 spiro atoms. The summed E-state index contributed by atoms with van der Waals surface area (Å²) in [6.07, 6.45) is 0. The van der Waals surface area contributed by atoms with E-state index in [9.17, 15) is 5.11 Å². The van der Waals surface area contributed by atoms with Crippen LogP contribution in [0.1, 0.15) is 19.4 Å². The Hall–Kier alpha value is -0.770. The van der Waals surface area contributed by atoms with Gasteiger partial charge in [0, 0.05) is 23.8 Å². The van der Waals surface area contributed by atoms with Crippen molar-refractivity contribution in [1.82, 2.24) is 4.90 Å². The van der Waals surface area contributed by atoms with Crippen molar-refractivity contribution in [2.24, 2.45) is 0 Å². The van der Waals surface area contributed by atoms with Crippen molar-refractivity contribution >= 4 is 17.3 Å². The van der Waals surface area contributed by atoms with Gasteiger partial charge in [-0.15, -0.1) is 0 Å². The molecule has 3 nitrogen and oxygen atoms in total. The molecule has 1 rings (SSSR count). The number of benzene rings is 1. The number of nitrogens with zero attached hydrogens (tertiary/aromatic N) is 1. The molecule has 0 amide bonds. The van der Waals surface area contributed by atoms with Crippen molar-refractivity contribution in [3.8, 4) is 0 Å². The monoisotopic (exact) mass is 242 g/mol. The molecule has 0 aliphatic heterocycles. The van der Waals surface area contributed by atoms with Crippen LogP contribution in [0.25, 0.3) is 0 Å². The molecule has 0 saturated heterocycles. The Morgan fingerprint density at radius 3 is 2.56 bits per heavy atom. The van der Waals surface area contributed by atoms with Crippen molar-refractivity contribution in [2.45, 2.75) is 26.0 Å². The zero-order chi connectivity index (χ0) is 12.3. The molecule has 0 aliphatic rings. The first-order chi connectivity index (χ1) is 7.28. The Morgan fingerprint density at radius 2 is 2.06 bits per heavy atom. The summed E-state index contributed by atoms with van der Waals surface area (Å²) in [5, 5.41) is 10.4. The highest BCUT2D eigenvalue weighted by Gasteiger charge is 2.16. The molecule has 0 saturated carbocycles. The lowest BCUT2D eigenvalue weighted by atomic mass is 10.1. The normalized spacial score (nSPS) is 12.1. The van der Waals surface area contributed by atoms with E-state index in [0.29, 0.717) is 23.8 Å². The van der Waals surface area contributed by atoms with Crippen LogP contribution in [0.3, 0.4) is 0 Å². The van der Waals surface area contributed by atoms with Crippen LogP contribution in [-0.4, -0.2) is 29.2 Å². The van der Waals surface area contributed by atoms with Crippen LogP contribution in [0, 0.1) is 0 Å². The second kappa shape index (κ2) is 5.04. The van der Waals surface area contributed by atoms with Gasteiger partial charge in [0.05, 0.1) is 5.60 Å². The number of likely N-dealkylation sites (N-methyl/N-ethyl adjacent to an activating group) is 1. The molecule has 16 heavy (non-hydrogen) atoms. The minimum Gasteiger partial charge on any atom is -0.399 e. The van der Waals surface area contributed by atoms with Gasteiger partial charge in [-0.2, -0.15) is 0 Å². The van der Waals surface area contributed by atoms with Crippen molar-refractivity contribution in [3.63, 3.8) is 0 Å². The Balaban J connectivity index is 2.66.